The molecule has 0 aromatic carbocycles. The SMILES string of the molecule is CC(C)[Si](OCOC(=O)C(C)(C)C)(C(C)C)C(C)C. The Morgan fingerprint density at radius 3 is 1.58 bits per heavy atom. The molecule has 114 valence electrons. The van der Waals surface area contributed by atoms with Crippen LogP contribution in [0.4, 0.5) is 0 Å². The lowest BCUT2D eigenvalue weighted by Gasteiger charge is -2.41. The first-order valence-electron chi connectivity index (χ1n) is 7.27. The first kappa shape index (κ1) is 18.6. The quantitative estimate of drug-likeness (QED) is 0.403. The van der Waals surface area contributed by atoms with Crippen LogP contribution in [0.2, 0.25) is 16.6 Å². The topological polar surface area (TPSA) is 35.5 Å². The van der Waals surface area contributed by atoms with Gasteiger partial charge in [-0.05, 0) is 37.4 Å². The van der Waals surface area contributed by atoms with Gasteiger partial charge in [-0.3, -0.25) is 4.79 Å². The normalized spacial score (nSPS) is 13.5. The lowest BCUT2D eigenvalue weighted by molar-refractivity contribution is -0.160. The molecule has 0 N–H and O–H groups in total. The van der Waals surface area contributed by atoms with Crippen molar-refractivity contribution in [2.75, 3.05) is 6.79 Å². The number of hydrogen-bond donors (Lipinski definition) is 0. The molecule has 0 heterocycles. The zero-order valence-electron chi connectivity index (χ0n) is 14.2. The molecule has 0 aromatic heterocycles. The van der Waals surface area contributed by atoms with E-state index >= 15 is 0 Å². The Labute approximate surface area is 120 Å². The molecule has 0 aliphatic rings. The lowest BCUT2D eigenvalue weighted by Crippen LogP contribution is -2.48. The predicted octanol–water partition coefficient (Wildman–Crippen LogP) is 4.73. The predicted molar refractivity (Wildman–Crippen MR) is 82.5 cm³/mol. The maximum Gasteiger partial charge on any atom is 0.313 e. The van der Waals surface area contributed by atoms with Gasteiger partial charge in [-0.25, -0.2) is 0 Å². The average molecular weight is 289 g/mol. The van der Waals surface area contributed by atoms with Crippen LogP contribution in [0.25, 0.3) is 0 Å². The molecule has 0 saturated carbocycles. The Kier molecular flexibility index (Phi) is 6.76. The maximum absolute atomic E-state index is 11.8. The van der Waals surface area contributed by atoms with Crippen molar-refractivity contribution in [2.24, 2.45) is 5.41 Å². The fourth-order valence-electron chi connectivity index (χ4n) is 2.90. The number of esters is 1. The van der Waals surface area contributed by atoms with E-state index in [1.54, 1.807) is 0 Å². The Bertz CT molecular complexity index is 268. The average Bonchev–Trinajstić information content (AvgIpc) is 2.20. The minimum atomic E-state index is -1.93. The Morgan fingerprint density at radius 1 is 0.947 bits per heavy atom. The smallest absolute Gasteiger partial charge is 0.313 e. The Balaban J connectivity index is 4.75. The van der Waals surface area contributed by atoms with Gasteiger partial charge in [-0.2, -0.15) is 0 Å². The largest absolute Gasteiger partial charge is 0.439 e. The molecule has 0 aliphatic heterocycles. The number of carbonyl (C=O) groups is 1. The zero-order valence-corrected chi connectivity index (χ0v) is 15.2. The summed E-state index contributed by atoms with van der Waals surface area (Å²) in [7, 11) is -1.93. The van der Waals surface area contributed by atoms with Crippen molar-refractivity contribution in [1.29, 1.82) is 0 Å². The van der Waals surface area contributed by atoms with E-state index in [1.807, 2.05) is 20.8 Å². The van der Waals surface area contributed by atoms with E-state index in [1.165, 1.54) is 0 Å². The third kappa shape index (κ3) is 4.60. The summed E-state index contributed by atoms with van der Waals surface area (Å²) in [6.07, 6.45) is 0. The maximum atomic E-state index is 11.8. The van der Waals surface area contributed by atoms with Crippen LogP contribution in [0.3, 0.4) is 0 Å². The molecule has 0 rings (SSSR count). The standard InChI is InChI=1S/C15H32O3Si/c1-11(2)19(12(3)4,13(5)6)18-10-17-14(16)15(7,8)9/h11-13H,10H2,1-9H3. The molecule has 3 nitrogen and oxygen atoms in total. The molecular weight excluding hydrogens is 256 g/mol. The molecule has 0 unspecified atom stereocenters. The van der Waals surface area contributed by atoms with Crippen molar-refractivity contribution < 1.29 is 14.0 Å². The first-order valence-corrected chi connectivity index (χ1v) is 9.41. The zero-order chi connectivity index (χ0) is 15.4. The molecule has 0 saturated heterocycles. The Hall–Kier alpha value is -0.353. The van der Waals surface area contributed by atoms with Crippen LogP contribution < -0.4 is 0 Å². The second kappa shape index (κ2) is 6.89. The van der Waals surface area contributed by atoms with Crippen LogP contribution in [0.15, 0.2) is 0 Å². The molecule has 0 fully saturated rings. The van der Waals surface area contributed by atoms with Crippen LogP contribution in [0, 0.1) is 5.41 Å². The van der Waals surface area contributed by atoms with Crippen LogP contribution in [-0.2, 0) is 14.0 Å². The highest BCUT2D eigenvalue weighted by Crippen LogP contribution is 2.42. The van der Waals surface area contributed by atoms with Crippen molar-refractivity contribution in [2.45, 2.75) is 78.9 Å². The van der Waals surface area contributed by atoms with E-state index < -0.39 is 13.7 Å². The highest BCUT2D eigenvalue weighted by atomic mass is 28.4. The van der Waals surface area contributed by atoms with Crippen LogP contribution >= 0.6 is 0 Å². The third-order valence-corrected chi connectivity index (χ3v) is 9.85. The monoisotopic (exact) mass is 288 g/mol. The van der Waals surface area contributed by atoms with Gasteiger partial charge in [0.1, 0.15) is 0 Å². The first-order chi connectivity index (χ1) is 8.46. The van der Waals surface area contributed by atoms with Gasteiger partial charge >= 0.3 is 5.97 Å². The number of ether oxygens (including phenoxy) is 1. The minimum Gasteiger partial charge on any atom is -0.439 e. The summed E-state index contributed by atoms with van der Waals surface area (Å²) in [5.41, 5.74) is 1.03. The van der Waals surface area contributed by atoms with Crippen molar-refractivity contribution in [3.63, 3.8) is 0 Å². The summed E-state index contributed by atoms with van der Waals surface area (Å²) < 4.78 is 11.5. The van der Waals surface area contributed by atoms with Crippen molar-refractivity contribution in [3.05, 3.63) is 0 Å². The highest BCUT2D eigenvalue weighted by Gasteiger charge is 2.45. The molecule has 0 aromatic rings. The van der Waals surface area contributed by atoms with Crippen LogP contribution in [0.1, 0.15) is 62.3 Å². The summed E-state index contributed by atoms with van der Waals surface area (Å²) in [6.45, 7) is 19.0. The Morgan fingerprint density at radius 2 is 1.32 bits per heavy atom. The fourth-order valence-corrected chi connectivity index (χ4v) is 8.16. The summed E-state index contributed by atoms with van der Waals surface area (Å²) in [4.78, 5) is 11.8. The second-order valence-electron chi connectivity index (χ2n) is 7.26. The van der Waals surface area contributed by atoms with Gasteiger partial charge in [0.2, 0.25) is 8.32 Å². The van der Waals surface area contributed by atoms with Crippen LogP contribution in [-0.4, -0.2) is 21.1 Å². The van der Waals surface area contributed by atoms with E-state index in [2.05, 4.69) is 41.5 Å². The van der Waals surface area contributed by atoms with Crippen LogP contribution in [0.5, 0.6) is 0 Å². The third-order valence-electron chi connectivity index (χ3n) is 3.82. The minimum absolute atomic E-state index is 0.0941. The second-order valence-corrected chi connectivity index (χ2v) is 12.7. The summed E-state index contributed by atoms with van der Waals surface area (Å²) >= 11 is 0. The molecule has 0 aliphatic carbocycles. The van der Waals surface area contributed by atoms with Gasteiger partial charge in [0.05, 0.1) is 5.41 Å². The van der Waals surface area contributed by atoms with E-state index in [0.717, 1.165) is 0 Å². The van der Waals surface area contributed by atoms with Gasteiger partial charge in [-0.1, -0.05) is 41.5 Å². The van der Waals surface area contributed by atoms with Gasteiger partial charge in [0.25, 0.3) is 0 Å². The summed E-state index contributed by atoms with van der Waals surface area (Å²) in [5.74, 6) is -0.202. The van der Waals surface area contributed by atoms with E-state index in [9.17, 15) is 4.79 Å². The molecule has 0 atom stereocenters. The number of carbonyl (C=O) groups excluding carboxylic acids is 1. The molecular formula is C15H32O3Si. The highest BCUT2D eigenvalue weighted by molar-refractivity contribution is 6.77. The van der Waals surface area contributed by atoms with Crippen molar-refractivity contribution >= 4 is 14.3 Å². The summed E-state index contributed by atoms with van der Waals surface area (Å²) in [6, 6.07) is 0. The number of rotatable bonds is 6. The lowest BCUT2D eigenvalue weighted by atomic mass is 9.98. The van der Waals surface area contributed by atoms with Gasteiger partial charge in [0, 0.05) is 0 Å². The molecule has 0 bridgehead atoms. The van der Waals surface area contributed by atoms with Gasteiger partial charge < -0.3 is 9.16 Å². The van der Waals surface area contributed by atoms with Gasteiger partial charge in [-0.15, -0.1) is 0 Å². The molecule has 19 heavy (non-hydrogen) atoms. The van der Waals surface area contributed by atoms with Crippen molar-refractivity contribution in [3.8, 4) is 0 Å². The molecule has 4 heteroatoms. The van der Waals surface area contributed by atoms with E-state index in [4.69, 9.17) is 9.16 Å². The van der Waals surface area contributed by atoms with Gasteiger partial charge in [0.15, 0.2) is 6.79 Å². The van der Waals surface area contributed by atoms with E-state index in [0.29, 0.717) is 16.6 Å². The molecule has 0 radical (unpaired) electrons. The molecule has 0 amide bonds. The van der Waals surface area contributed by atoms with Crippen molar-refractivity contribution in [1.82, 2.24) is 0 Å². The summed E-state index contributed by atoms with van der Waals surface area (Å²) in [5, 5.41) is 0. The molecule has 0 spiro atoms. The number of hydrogen-bond acceptors (Lipinski definition) is 3. The van der Waals surface area contributed by atoms with E-state index in [-0.39, 0.29) is 12.8 Å². The fraction of sp³-hybridized carbons (Fsp3) is 0.933.